The molecule has 0 fully saturated rings. The first-order valence-electron chi connectivity index (χ1n) is 6.32. The van der Waals surface area contributed by atoms with Gasteiger partial charge in [-0.3, -0.25) is 4.79 Å². The second-order valence-electron chi connectivity index (χ2n) is 4.36. The molecule has 1 aromatic heterocycles. The van der Waals surface area contributed by atoms with E-state index in [0.29, 0.717) is 17.3 Å². The van der Waals surface area contributed by atoms with Crippen molar-refractivity contribution in [1.82, 2.24) is 4.98 Å². The molecule has 2 rings (SSSR count). The standard InChI is InChI=1S/C15H16FN3O2/c1-17-14-13(8-10(16)9-18-14)15(20)19(2)11-4-6-12(21-3)7-5-11/h4-9H,1-3H3,(H,17,18). The molecule has 1 heterocycles. The molecular weight excluding hydrogens is 273 g/mol. The van der Waals surface area contributed by atoms with Crippen molar-refractivity contribution in [1.29, 1.82) is 0 Å². The second-order valence-corrected chi connectivity index (χ2v) is 4.36. The number of nitrogens with zero attached hydrogens (tertiary/aromatic N) is 2. The van der Waals surface area contributed by atoms with Crippen LogP contribution in [0.4, 0.5) is 15.9 Å². The first-order chi connectivity index (χ1) is 10.1. The van der Waals surface area contributed by atoms with E-state index < -0.39 is 5.82 Å². The van der Waals surface area contributed by atoms with Gasteiger partial charge in [-0.1, -0.05) is 0 Å². The van der Waals surface area contributed by atoms with Gasteiger partial charge in [-0.25, -0.2) is 9.37 Å². The molecule has 0 unspecified atom stereocenters. The van der Waals surface area contributed by atoms with Gasteiger partial charge in [-0.2, -0.15) is 0 Å². The highest BCUT2D eigenvalue weighted by Crippen LogP contribution is 2.22. The number of carbonyl (C=O) groups is 1. The SMILES string of the molecule is CNc1ncc(F)cc1C(=O)N(C)c1ccc(OC)cc1. The van der Waals surface area contributed by atoms with E-state index in [0.717, 1.165) is 6.20 Å². The maximum atomic E-state index is 13.3. The van der Waals surface area contributed by atoms with Crippen LogP contribution in [0, 0.1) is 5.82 Å². The Morgan fingerprint density at radius 3 is 2.57 bits per heavy atom. The molecule has 1 aromatic carbocycles. The average Bonchev–Trinajstić information content (AvgIpc) is 2.53. The number of hydrogen-bond acceptors (Lipinski definition) is 4. The smallest absolute Gasteiger partial charge is 0.261 e. The third-order valence-electron chi connectivity index (χ3n) is 3.09. The average molecular weight is 289 g/mol. The van der Waals surface area contributed by atoms with E-state index in [4.69, 9.17) is 4.74 Å². The van der Waals surface area contributed by atoms with Crippen molar-refractivity contribution in [3.63, 3.8) is 0 Å². The van der Waals surface area contributed by atoms with Gasteiger partial charge in [0, 0.05) is 19.8 Å². The highest BCUT2D eigenvalue weighted by Gasteiger charge is 2.18. The first-order valence-corrected chi connectivity index (χ1v) is 6.32. The predicted octanol–water partition coefficient (Wildman–Crippen LogP) is 2.55. The number of amides is 1. The highest BCUT2D eigenvalue weighted by molar-refractivity contribution is 6.08. The van der Waals surface area contributed by atoms with Crippen molar-refractivity contribution in [3.05, 3.63) is 47.9 Å². The number of pyridine rings is 1. The van der Waals surface area contributed by atoms with Crippen LogP contribution in [0.25, 0.3) is 0 Å². The van der Waals surface area contributed by atoms with Crippen LogP contribution < -0.4 is 15.0 Å². The quantitative estimate of drug-likeness (QED) is 0.940. The molecular formula is C15H16FN3O2. The minimum Gasteiger partial charge on any atom is -0.497 e. The Balaban J connectivity index is 2.32. The number of methoxy groups -OCH3 is 1. The van der Waals surface area contributed by atoms with Crippen LogP contribution in [0.3, 0.4) is 0 Å². The Morgan fingerprint density at radius 1 is 1.33 bits per heavy atom. The Morgan fingerprint density at radius 2 is 2.00 bits per heavy atom. The lowest BCUT2D eigenvalue weighted by atomic mass is 10.2. The van der Waals surface area contributed by atoms with Gasteiger partial charge in [-0.05, 0) is 30.3 Å². The summed E-state index contributed by atoms with van der Waals surface area (Å²) in [6.07, 6.45) is 1.07. The number of halogens is 1. The van der Waals surface area contributed by atoms with Crippen molar-refractivity contribution in [2.24, 2.45) is 0 Å². The summed E-state index contributed by atoms with van der Waals surface area (Å²) in [6, 6.07) is 8.18. The molecule has 0 aliphatic rings. The van der Waals surface area contributed by atoms with Gasteiger partial charge < -0.3 is 15.0 Å². The zero-order valence-electron chi connectivity index (χ0n) is 12.1. The summed E-state index contributed by atoms with van der Waals surface area (Å²) in [6.45, 7) is 0. The van der Waals surface area contributed by atoms with E-state index in [1.807, 2.05) is 0 Å². The van der Waals surface area contributed by atoms with Crippen LogP contribution in [0.5, 0.6) is 5.75 Å². The van der Waals surface area contributed by atoms with Gasteiger partial charge >= 0.3 is 0 Å². The lowest BCUT2D eigenvalue weighted by Crippen LogP contribution is -2.27. The van der Waals surface area contributed by atoms with Crippen molar-refractivity contribution >= 4 is 17.4 Å². The number of nitrogens with one attached hydrogen (secondary N) is 1. The normalized spacial score (nSPS) is 10.1. The molecule has 0 saturated carbocycles. The van der Waals surface area contributed by atoms with Gasteiger partial charge in [0.15, 0.2) is 0 Å². The summed E-state index contributed by atoms with van der Waals surface area (Å²) in [5.74, 6) is 0.127. The minimum absolute atomic E-state index is 0.177. The summed E-state index contributed by atoms with van der Waals surface area (Å²) in [5.41, 5.74) is 0.850. The van der Waals surface area contributed by atoms with Crippen LogP contribution in [0.2, 0.25) is 0 Å². The van der Waals surface area contributed by atoms with Gasteiger partial charge in [-0.15, -0.1) is 0 Å². The Bertz CT molecular complexity index is 644. The molecule has 0 aliphatic heterocycles. The fourth-order valence-electron chi connectivity index (χ4n) is 1.91. The molecule has 6 heteroatoms. The summed E-state index contributed by atoms with van der Waals surface area (Å²) in [5, 5.41) is 2.78. The van der Waals surface area contributed by atoms with Crippen molar-refractivity contribution in [2.45, 2.75) is 0 Å². The highest BCUT2D eigenvalue weighted by atomic mass is 19.1. The van der Waals surface area contributed by atoms with Crippen molar-refractivity contribution < 1.29 is 13.9 Å². The van der Waals surface area contributed by atoms with E-state index >= 15 is 0 Å². The fraction of sp³-hybridized carbons (Fsp3) is 0.200. The molecule has 110 valence electrons. The Labute approximate surface area is 122 Å². The first kappa shape index (κ1) is 14.8. The van der Waals surface area contributed by atoms with Crippen LogP contribution in [0.15, 0.2) is 36.5 Å². The Kier molecular flexibility index (Phi) is 4.37. The summed E-state index contributed by atoms with van der Waals surface area (Å²) >= 11 is 0. The predicted molar refractivity (Wildman–Crippen MR) is 79.5 cm³/mol. The van der Waals surface area contributed by atoms with Crippen LogP contribution in [-0.4, -0.2) is 32.1 Å². The molecule has 21 heavy (non-hydrogen) atoms. The molecule has 1 N–H and O–H groups in total. The number of benzene rings is 1. The molecule has 0 saturated heterocycles. The molecule has 2 aromatic rings. The molecule has 0 bridgehead atoms. The van der Waals surface area contributed by atoms with Gasteiger partial charge in [0.05, 0.1) is 18.9 Å². The lowest BCUT2D eigenvalue weighted by Gasteiger charge is -2.19. The van der Waals surface area contributed by atoms with Crippen LogP contribution >= 0.6 is 0 Å². The van der Waals surface area contributed by atoms with Crippen molar-refractivity contribution in [2.75, 3.05) is 31.4 Å². The number of rotatable bonds is 4. The second kappa shape index (κ2) is 6.21. The summed E-state index contributed by atoms with van der Waals surface area (Å²) in [4.78, 5) is 17.8. The van der Waals surface area contributed by atoms with E-state index in [1.165, 1.54) is 11.0 Å². The third kappa shape index (κ3) is 3.10. The van der Waals surface area contributed by atoms with Gasteiger partial charge in [0.25, 0.3) is 5.91 Å². The van der Waals surface area contributed by atoms with Gasteiger partial charge in [0.2, 0.25) is 0 Å². The molecule has 0 spiro atoms. The minimum atomic E-state index is -0.555. The number of ether oxygens (including phenoxy) is 1. The molecule has 5 nitrogen and oxygen atoms in total. The summed E-state index contributed by atoms with van der Waals surface area (Å²) < 4.78 is 18.4. The number of carbonyl (C=O) groups excluding carboxylic acids is 1. The van der Waals surface area contributed by atoms with Gasteiger partial charge in [0.1, 0.15) is 17.4 Å². The van der Waals surface area contributed by atoms with Crippen LogP contribution in [-0.2, 0) is 0 Å². The summed E-state index contributed by atoms with van der Waals surface area (Å²) in [7, 11) is 4.82. The maximum Gasteiger partial charge on any atom is 0.261 e. The van der Waals surface area contributed by atoms with Crippen LogP contribution in [0.1, 0.15) is 10.4 Å². The van der Waals surface area contributed by atoms with Crippen molar-refractivity contribution in [3.8, 4) is 5.75 Å². The molecule has 0 aliphatic carbocycles. The van der Waals surface area contributed by atoms with E-state index in [1.54, 1.807) is 45.5 Å². The zero-order valence-corrected chi connectivity index (χ0v) is 12.1. The topological polar surface area (TPSA) is 54.5 Å². The monoisotopic (exact) mass is 289 g/mol. The van der Waals surface area contributed by atoms with E-state index in [-0.39, 0.29) is 11.5 Å². The molecule has 0 atom stereocenters. The molecule has 0 radical (unpaired) electrons. The number of anilines is 2. The van der Waals surface area contributed by atoms with E-state index in [2.05, 4.69) is 10.3 Å². The lowest BCUT2D eigenvalue weighted by molar-refractivity contribution is 0.0993. The number of hydrogen-bond donors (Lipinski definition) is 1. The maximum absolute atomic E-state index is 13.3. The molecule has 1 amide bonds. The Hall–Kier alpha value is -2.63. The van der Waals surface area contributed by atoms with E-state index in [9.17, 15) is 9.18 Å². The number of aromatic nitrogens is 1. The largest absolute Gasteiger partial charge is 0.497 e. The zero-order chi connectivity index (χ0) is 15.4. The fourth-order valence-corrected chi connectivity index (χ4v) is 1.91. The third-order valence-corrected chi connectivity index (χ3v) is 3.09.